The Labute approximate surface area is 106 Å². The molecule has 0 unspecified atom stereocenters. The second kappa shape index (κ2) is 4.27. The molecule has 0 amide bonds. The van der Waals surface area contributed by atoms with Crippen molar-refractivity contribution in [3.05, 3.63) is 64.2 Å². The Bertz CT molecular complexity index is 587. The molecular formula is C15H12ClN. The maximum atomic E-state index is 6.02. The Kier molecular flexibility index (Phi) is 2.62. The summed E-state index contributed by atoms with van der Waals surface area (Å²) in [5, 5.41) is 4.23. The van der Waals surface area contributed by atoms with Gasteiger partial charge in [-0.15, -0.1) is 0 Å². The van der Waals surface area contributed by atoms with E-state index in [0.29, 0.717) is 0 Å². The molecular weight excluding hydrogens is 230 g/mol. The molecule has 0 atom stereocenters. The predicted molar refractivity (Wildman–Crippen MR) is 74.1 cm³/mol. The van der Waals surface area contributed by atoms with Gasteiger partial charge in [0, 0.05) is 17.3 Å². The average molecular weight is 242 g/mol. The molecule has 0 saturated heterocycles. The average Bonchev–Trinajstić information content (AvgIpc) is 2.33. The van der Waals surface area contributed by atoms with E-state index in [1.54, 1.807) is 0 Å². The highest BCUT2D eigenvalue weighted by Crippen LogP contribution is 2.25. The zero-order valence-corrected chi connectivity index (χ0v) is 10.0. The van der Waals surface area contributed by atoms with Crippen molar-refractivity contribution in [2.45, 2.75) is 6.54 Å². The number of hydrogen-bond acceptors (Lipinski definition) is 1. The van der Waals surface area contributed by atoms with E-state index < -0.39 is 0 Å². The van der Waals surface area contributed by atoms with Gasteiger partial charge in [0.1, 0.15) is 0 Å². The third-order valence-electron chi connectivity index (χ3n) is 2.98. The number of halogens is 1. The highest BCUT2D eigenvalue weighted by atomic mass is 35.5. The lowest BCUT2D eigenvalue weighted by molar-refractivity contribution is 1.14. The van der Waals surface area contributed by atoms with E-state index in [0.717, 1.165) is 11.6 Å². The smallest absolute Gasteiger partial charge is 0.0416 e. The number of anilines is 1. The summed E-state index contributed by atoms with van der Waals surface area (Å²) in [7, 11) is 0. The monoisotopic (exact) mass is 241 g/mol. The van der Waals surface area contributed by atoms with Gasteiger partial charge in [0.15, 0.2) is 0 Å². The van der Waals surface area contributed by atoms with Gasteiger partial charge in [0.2, 0.25) is 0 Å². The second-order valence-corrected chi connectivity index (χ2v) is 4.55. The van der Waals surface area contributed by atoms with Gasteiger partial charge in [-0.1, -0.05) is 48.0 Å². The minimum absolute atomic E-state index is 0.780. The van der Waals surface area contributed by atoms with Gasteiger partial charge in [-0.3, -0.25) is 0 Å². The van der Waals surface area contributed by atoms with Crippen LogP contribution in [0.25, 0.3) is 12.2 Å². The van der Waals surface area contributed by atoms with E-state index in [1.165, 1.54) is 22.4 Å². The highest BCUT2D eigenvalue weighted by molar-refractivity contribution is 6.30. The molecule has 0 bridgehead atoms. The second-order valence-electron chi connectivity index (χ2n) is 4.12. The summed E-state index contributed by atoms with van der Waals surface area (Å²) >= 11 is 6.02. The van der Waals surface area contributed by atoms with Gasteiger partial charge in [-0.05, 0) is 34.9 Å². The molecule has 17 heavy (non-hydrogen) atoms. The molecule has 3 rings (SSSR count). The standard InChI is InChI=1S/C15H12ClN/c16-14-8-7-13-10-17-15-4-2-1-3-11(15)5-6-12(13)9-14/h1-9,17H,10H2/b6-5-. The fourth-order valence-corrected chi connectivity index (χ4v) is 2.24. The Morgan fingerprint density at radius 3 is 2.71 bits per heavy atom. The van der Waals surface area contributed by atoms with Crippen molar-refractivity contribution in [3.63, 3.8) is 0 Å². The summed E-state index contributed by atoms with van der Waals surface area (Å²) in [4.78, 5) is 0. The number of nitrogens with one attached hydrogen (secondary N) is 1. The molecule has 2 heteroatoms. The Morgan fingerprint density at radius 2 is 1.76 bits per heavy atom. The number of para-hydroxylation sites is 1. The van der Waals surface area contributed by atoms with Crippen LogP contribution < -0.4 is 5.32 Å². The van der Waals surface area contributed by atoms with Crippen molar-refractivity contribution in [1.29, 1.82) is 0 Å². The van der Waals surface area contributed by atoms with Gasteiger partial charge in [-0.2, -0.15) is 0 Å². The summed E-state index contributed by atoms with van der Waals surface area (Å²) in [6.45, 7) is 0.827. The molecule has 1 aliphatic rings. The molecule has 2 aromatic carbocycles. The quantitative estimate of drug-likeness (QED) is 0.719. The first kappa shape index (κ1) is 10.4. The van der Waals surface area contributed by atoms with Crippen LogP contribution >= 0.6 is 11.6 Å². The van der Waals surface area contributed by atoms with Crippen LogP contribution in [0.4, 0.5) is 5.69 Å². The van der Waals surface area contributed by atoms with Crippen molar-refractivity contribution in [2.24, 2.45) is 0 Å². The zero-order valence-electron chi connectivity index (χ0n) is 9.28. The lowest BCUT2D eigenvalue weighted by Gasteiger charge is -2.15. The lowest BCUT2D eigenvalue weighted by atomic mass is 10.0. The number of benzene rings is 2. The third-order valence-corrected chi connectivity index (χ3v) is 3.22. The van der Waals surface area contributed by atoms with E-state index in [4.69, 9.17) is 11.6 Å². The Hall–Kier alpha value is -1.73. The summed E-state index contributed by atoms with van der Waals surface area (Å²) < 4.78 is 0. The largest absolute Gasteiger partial charge is 0.380 e. The summed E-state index contributed by atoms with van der Waals surface area (Å²) in [5.74, 6) is 0. The summed E-state index contributed by atoms with van der Waals surface area (Å²) in [6.07, 6.45) is 4.25. The summed E-state index contributed by atoms with van der Waals surface area (Å²) in [6, 6.07) is 14.3. The van der Waals surface area contributed by atoms with Gasteiger partial charge in [0.05, 0.1) is 0 Å². The van der Waals surface area contributed by atoms with E-state index in [1.807, 2.05) is 24.3 Å². The van der Waals surface area contributed by atoms with Crippen LogP contribution in [-0.4, -0.2) is 0 Å². The van der Waals surface area contributed by atoms with Gasteiger partial charge < -0.3 is 5.32 Å². The fraction of sp³-hybridized carbons (Fsp3) is 0.0667. The van der Waals surface area contributed by atoms with Gasteiger partial charge in [-0.25, -0.2) is 0 Å². The van der Waals surface area contributed by atoms with E-state index >= 15 is 0 Å². The van der Waals surface area contributed by atoms with Crippen molar-refractivity contribution in [1.82, 2.24) is 0 Å². The Morgan fingerprint density at radius 1 is 0.941 bits per heavy atom. The van der Waals surface area contributed by atoms with Crippen LogP contribution in [0, 0.1) is 0 Å². The number of rotatable bonds is 0. The maximum absolute atomic E-state index is 6.02. The first-order valence-corrected chi connectivity index (χ1v) is 6.00. The molecule has 0 spiro atoms. The molecule has 1 aliphatic heterocycles. The van der Waals surface area contributed by atoms with Crippen LogP contribution in [0.1, 0.15) is 16.7 Å². The molecule has 1 heterocycles. The SMILES string of the molecule is Clc1ccc2c(c1)/C=C\c1ccccc1NC2. The van der Waals surface area contributed by atoms with Crippen LogP contribution in [0.3, 0.4) is 0 Å². The minimum atomic E-state index is 0.780. The van der Waals surface area contributed by atoms with E-state index in [9.17, 15) is 0 Å². The molecule has 84 valence electrons. The summed E-state index contributed by atoms with van der Waals surface area (Å²) in [5.41, 5.74) is 4.82. The van der Waals surface area contributed by atoms with Gasteiger partial charge >= 0.3 is 0 Å². The van der Waals surface area contributed by atoms with E-state index in [2.05, 4.69) is 35.7 Å². The van der Waals surface area contributed by atoms with Gasteiger partial charge in [0.25, 0.3) is 0 Å². The molecule has 1 N–H and O–H groups in total. The topological polar surface area (TPSA) is 12.0 Å². The molecule has 0 radical (unpaired) electrons. The lowest BCUT2D eigenvalue weighted by Crippen LogP contribution is -2.04. The molecule has 0 aromatic heterocycles. The first-order chi connectivity index (χ1) is 8.33. The normalized spacial score (nSPS) is 14.9. The number of fused-ring (bicyclic) bond motifs is 2. The fourth-order valence-electron chi connectivity index (χ4n) is 2.06. The van der Waals surface area contributed by atoms with E-state index in [-0.39, 0.29) is 0 Å². The van der Waals surface area contributed by atoms with Crippen LogP contribution in [-0.2, 0) is 6.54 Å². The van der Waals surface area contributed by atoms with Crippen molar-refractivity contribution >= 4 is 29.4 Å². The van der Waals surface area contributed by atoms with Crippen LogP contribution in [0.5, 0.6) is 0 Å². The Balaban J connectivity index is 2.10. The van der Waals surface area contributed by atoms with Crippen molar-refractivity contribution in [3.8, 4) is 0 Å². The maximum Gasteiger partial charge on any atom is 0.0416 e. The molecule has 1 nitrogen and oxygen atoms in total. The highest BCUT2D eigenvalue weighted by Gasteiger charge is 2.06. The molecule has 0 fully saturated rings. The predicted octanol–water partition coefficient (Wildman–Crippen LogP) is 4.44. The van der Waals surface area contributed by atoms with Crippen LogP contribution in [0.2, 0.25) is 5.02 Å². The zero-order chi connectivity index (χ0) is 11.7. The van der Waals surface area contributed by atoms with Crippen molar-refractivity contribution in [2.75, 3.05) is 5.32 Å². The van der Waals surface area contributed by atoms with Crippen molar-refractivity contribution < 1.29 is 0 Å². The minimum Gasteiger partial charge on any atom is -0.380 e. The first-order valence-electron chi connectivity index (χ1n) is 5.62. The molecule has 0 aliphatic carbocycles. The number of hydrogen-bond donors (Lipinski definition) is 1. The third kappa shape index (κ3) is 2.06. The molecule has 2 aromatic rings. The van der Waals surface area contributed by atoms with Crippen LogP contribution in [0.15, 0.2) is 42.5 Å². The molecule has 0 saturated carbocycles.